The van der Waals surface area contributed by atoms with Crippen LogP contribution in [0.1, 0.15) is 24.2 Å². The topological polar surface area (TPSA) is 42.4 Å². The van der Waals surface area contributed by atoms with Crippen LogP contribution in [0.2, 0.25) is 0 Å². The van der Waals surface area contributed by atoms with Crippen molar-refractivity contribution in [3.63, 3.8) is 0 Å². The van der Waals surface area contributed by atoms with Crippen molar-refractivity contribution in [3.05, 3.63) is 28.5 Å². The average Bonchev–Trinajstić information content (AvgIpc) is 2.27. The molecule has 1 rings (SSSR count). The molecule has 1 aromatic rings. The Labute approximate surface area is 110 Å². The van der Waals surface area contributed by atoms with Crippen molar-refractivity contribution >= 4 is 21.8 Å². The van der Waals surface area contributed by atoms with Crippen molar-refractivity contribution in [2.75, 3.05) is 20.2 Å². The molecule has 0 radical (unpaired) electrons. The van der Waals surface area contributed by atoms with Crippen LogP contribution in [-0.2, 0) is 4.74 Å². The van der Waals surface area contributed by atoms with Crippen LogP contribution in [0.5, 0.6) is 0 Å². The monoisotopic (exact) mass is 300 g/mol. The maximum atomic E-state index is 12.0. The standard InChI is InChI=1S/C12H17BrN2O2/c1-9(2)17-7-6-15(3)12(16)10-4-5-14-11(13)8-10/h4-5,8-9H,6-7H2,1-3H3. The van der Waals surface area contributed by atoms with Gasteiger partial charge in [-0.1, -0.05) is 0 Å². The van der Waals surface area contributed by atoms with Crippen LogP contribution in [0, 0.1) is 0 Å². The normalized spacial score (nSPS) is 10.6. The SMILES string of the molecule is CC(C)OCCN(C)C(=O)c1ccnc(Br)c1. The molecule has 0 aliphatic heterocycles. The van der Waals surface area contributed by atoms with Gasteiger partial charge in [-0.3, -0.25) is 4.79 Å². The summed E-state index contributed by atoms with van der Waals surface area (Å²) in [5.41, 5.74) is 0.624. The van der Waals surface area contributed by atoms with Crippen LogP contribution in [0.15, 0.2) is 22.9 Å². The molecule has 1 aromatic heterocycles. The molecule has 0 spiro atoms. The second-order valence-corrected chi connectivity index (χ2v) is 4.83. The highest BCUT2D eigenvalue weighted by Gasteiger charge is 2.11. The molecule has 0 saturated heterocycles. The van der Waals surface area contributed by atoms with Crippen LogP contribution in [-0.4, -0.2) is 42.1 Å². The largest absolute Gasteiger partial charge is 0.377 e. The third-order valence-corrected chi connectivity index (χ3v) is 2.63. The van der Waals surface area contributed by atoms with E-state index in [1.54, 1.807) is 30.3 Å². The Morgan fingerprint density at radius 3 is 2.88 bits per heavy atom. The maximum Gasteiger partial charge on any atom is 0.253 e. The van der Waals surface area contributed by atoms with Crippen molar-refractivity contribution in [2.45, 2.75) is 20.0 Å². The second kappa shape index (κ2) is 6.71. The molecule has 0 fully saturated rings. The van der Waals surface area contributed by atoms with Gasteiger partial charge >= 0.3 is 0 Å². The quantitative estimate of drug-likeness (QED) is 0.784. The first kappa shape index (κ1) is 14.1. The summed E-state index contributed by atoms with van der Waals surface area (Å²) in [6, 6.07) is 3.41. The minimum absolute atomic E-state index is 0.0274. The fourth-order valence-corrected chi connectivity index (χ4v) is 1.65. The number of amides is 1. The first-order valence-electron chi connectivity index (χ1n) is 5.49. The minimum atomic E-state index is -0.0274. The summed E-state index contributed by atoms with van der Waals surface area (Å²) in [5.74, 6) is -0.0274. The molecule has 0 unspecified atom stereocenters. The lowest BCUT2D eigenvalue weighted by molar-refractivity contribution is 0.0532. The Kier molecular flexibility index (Phi) is 5.58. The van der Waals surface area contributed by atoms with Gasteiger partial charge in [-0.15, -0.1) is 0 Å². The summed E-state index contributed by atoms with van der Waals surface area (Å²) in [6.07, 6.45) is 1.80. The summed E-state index contributed by atoms with van der Waals surface area (Å²) in [5, 5.41) is 0. The fourth-order valence-electron chi connectivity index (χ4n) is 1.28. The minimum Gasteiger partial charge on any atom is -0.377 e. The third-order valence-electron chi connectivity index (χ3n) is 2.20. The van der Waals surface area contributed by atoms with E-state index in [2.05, 4.69) is 20.9 Å². The maximum absolute atomic E-state index is 12.0. The predicted octanol–water partition coefficient (Wildman–Crippen LogP) is 2.34. The Balaban J connectivity index is 2.52. The zero-order valence-corrected chi connectivity index (χ0v) is 11.9. The van der Waals surface area contributed by atoms with Crippen molar-refractivity contribution in [1.82, 2.24) is 9.88 Å². The molecule has 4 nitrogen and oxygen atoms in total. The van der Waals surface area contributed by atoms with E-state index in [0.717, 1.165) is 0 Å². The van der Waals surface area contributed by atoms with Gasteiger partial charge < -0.3 is 9.64 Å². The number of carbonyl (C=O) groups is 1. The van der Waals surface area contributed by atoms with Gasteiger partial charge in [0.05, 0.1) is 12.7 Å². The van der Waals surface area contributed by atoms with E-state index in [4.69, 9.17) is 4.74 Å². The Morgan fingerprint density at radius 1 is 1.59 bits per heavy atom. The van der Waals surface area contributed by atoms with Crippen LogP contribution < -0.4 is 0 Å². The summed E-state index contributed by atoms with van der Waals surface area (Å²) >= 11 is 3.24. The molecule has 0 saturated carbocycles. The number of rotatable bonds is 5. The van der Waals surface area contributed by atoms with Gasteiger partial charge in [-0.2, -0.15) is 0 Å². The molecule has 0 atom stereocenters. The predicted molar refractivity (Wildman–Crippen MR) is 70.0 cm³/mol. The summed E-state index contributed by atoms with van der Waals surface area (Å²) < 4.78 is 6.07. The Morgan fingerprint density at radius 2 is 2.29 bits per heavy atom. The van der Waals surface area contributed by atoms with Gasteiger partial charge in [-0.25, -0.2) is 4.98 Å². The van der Waals surface area contributed by atoms with E-state index in [-0.39, 0.29) is 12.0 Å². The first-order chi connectivity index (χ1) is 8.00. The van der Waals surface area contributed by atoms with E-state index in [1.165, 1.54) is 0 Å². The number of halogens is 1. The van der Waals surface area contributed by atoms with E-state index in [1.807, 2.05) is 13.8 Å². The molecule has 0 N–H and O–H groups in total. The lowest BCUT2D eigenvalue weighted by Gasteiger charge is -2.18. The number of ether oxygens (including phenoxy) is 1. The lowest BCUT2D eigenvalue weighted by Crippen LogP contribution is -2.30. The van der Waals surface area contributed by atoms with E-state index < -0.39 is 0 Å². The molecule has 1 heterocycles. The van der Waals surface area contributed by atoms with E-state index in [9.17, 15) is 4.79 Å². The van der Waals surface area contributed by atoms with Gasteiger partial charge in [0, 0.05) is 25.4 Å². The molecule has 1 amide bonds. The molecule has 0 bridgehead atoms. The number of likely N-dealkylation sites (N-methyl/N-ethyl adjacent to an activating group) is 1. The second-order valence-electron chi connectivity index (χ2n) is 4.01. The number of hydrogen-bond acceptors (Lipinski definition) is 3. The van der Waals surface area contributed by atoms with Gasteiger partial charge in [0.1, 0.15) is 4.60 Å². The molecule has 17 heavy (non-hydrogen) atoms. The van der Waals surface area contributed by atoms with Gasteiger partial charge in [0.25, 0.3) is 5.91 Å². The molecule has 5 heteroatoms. The van der Waals surface area contributed by atoms with E-state index >= 15 is 0 Å². The van der Waals surface area contributed by atoms with Crippen LogP contribution in [0.3, 0.4) is 0 Å². The van der Waals surface area contributed by atoms with Crippen LogP contribution >= 0.6 is 15.9 Å². The van der Waals surface area contributed by atoms with Gasteiger partial charge in [-0.05, 0) is 41.9 Å². The highest BCUT2D eigenvalue weighted by Crippen LogP contribution is 2.09. The molecule has 0 aliphatic rings. The van der Waals surface area contributed by atoms with E-state index in [0.29, 0.717) is 23.3 Å². The number of nitrogens with zero attached hydrogens (tertiary/aromatic N) is 2. The Hall–Kier alpha value is -0.940. The summed E-state index contributed by atoms with van der Waals surface area (Å²) in [6.45, 7) is 5.08. The average molecular weight is 301 g/mol. The van der Waals surface area contributed by atoms with Gasteiger partial charge in [0.15, 0.2) is 0 Å². The highest BCUT2D eigenvalue weighted by molar-refractivity contribution is 9.10. The fraction of sp³-hybridized carbons (Fsp3) is 0.500. The lowest BCUT2D eigenvalue weighted by atomic mass is 10.2. The summed E-state index contributed by atoms with van der Waals surface area (Å²) in [4.78, 5) is 17.6. The first-order valence-corrected chi connectivity index (χ1v) is 6.28. The van der Waals surface area contributed by atoms with Crippen molar-refractivity contribution in [1.29, 1.82) is 0 Å². The van der Waals surface area contributed by atoms with Crippen molar-refractivity contribution in [2.24, 2.45) is 0 Å². The third kappa shape index (κ3) is 4.83. The Bertz CT molecular complexity index is 383. The zero-order chi connectivity index (χ0) is 12.8. The summed E-state index contributed by atoms with van der Waals surface area (Å²) in [7, 11) is 1.76. The molecular weight excluding hydrogens is 284 g/mol. The zero-order valence-electron chi connectivity index (χ0n) is 10.3. The smallest absolute Gasteiger partial charge is 0.253 e. The van der Waals surface area contributed by atoms with Crippen LogP contribution in [0.4, 0.5) is 0 Å². The molecular formula is C12H17BrN2O2. The van der Waals surface area contributed by atoms with Gasteiger partial charge in [0.2, 0.25) is 0 Å². The number of aromatic nitrogens is 1. The van der Waals surface area contributed by atoms with Crippen LogP contribution in [0.25, 0.3) is 0 Å². The number of carbonyl (C=O) groups excluding carboxylic acids is 1. The number of hydrogen-bond donors (Lipinski definition) is 0. The number of pyridine rings is 1. The van der Waals surface area contributed by atoms with Crippen molar-refractivity contribution < 1.29 is 9.53 Å². The van der Waals surface area contributed by atoms with Crippen molar-refractivity contribution in [3.8, 4) is 0 Å². The molecule has 0 aromatic carbocycles. The molecule has 94 valence electrons. The highest BCUT2D eigenvalue weighted by atomic mass is 79.9. The molecule has 0 aliphatic carbocycles.